The van der Waals surface area contributed by atoms with Crippen LogP contribution in [0.15, 0.2) is 42.7 Å². The predicted octanol–water partition coefficient (Wildman–Crippen LogP) is 3.02. The summed E-state index contributed by atoms with van der Waals surface area (Å²) in [6, 6.07) is 12.1. The van der Waals surface area contributed by atoms with Gasteiger partial charge in [0, 0.05) is 5.69 Å². The lowest BCUT2D eigenvalue weighted by molar-refractivity contribution is 1.04. The van der Waals surface area contributed by atoms with Gasteiger partial charge in [-0.15, -0.1) is 0 Å². The number of nitrogens with zero attached hydrogens (tertiary/aromatic N) is 2. The van der Waals surface area contributed by atoms with Crippen LogP contribution in [0.4, 0.5) is 0 Å². The average molecular weight is 209 g/mol. The molecule has 1 heterocycles. The molecule has 2 nitrogen and oxygen atoms in total. The summed E-state index contributed by atoms with van der Waals surface area (Å²) in [7, 11) is 0. The summed E-state index contributed by atoms with van der Waals surface area (Å²) in [5, 5.41) is 0. The van der Waals surface area contributed by atoms with Gasteiger partial charge in [-0.2, -0.15) is 0 Å². The van der Waals surface area contributed by atoms with Gasteiger partial charge in [-0.1, -0.05) is 36.4 Å². The first-order valence-corrected chi connectivity index (χ1v) is 5.22. The molecule has 0 amide bonds. The Hall–Kier alpha value is -1.96. The first kappa shape index (κ1) is 10.6. The van der Waals surface area contributed by atoms with Crippen molar-refractivity contribution in [1.29, 1.82) is 0 Å². The first-order chi connectivity index (χ1) is 7.88. The molecule has 1 aromatic heterocycles. The Labute approximate surface area is 95.7 Å². The normalized spacial score (nSPS) is 10.8. The van der Waals surface area contributed by atoms with E-state index in [4.69, 9.17) is 0 Å². The molecule has 2 rings (SSSR count). The lowest BCUT2D eigenvalue weighted by Gasteiger charge is -1.96. The van der Waals surface area contributed by atoms with Crippen molar-refractivity contribution in [2.24, 2.45) is 0 Å². The second-order valence-corrected chi connectivity index (χ2v) is 3.43. The number of hydrogen-bond acceptors (Lipinski definition) is 2. The molecule has 79 valence electrons. The average Bonchev–Trinajstić information content (AvgIpc) is 2.38. The highest BCUT2D eigenvalue weighted by atomic mass is 14.8. The van der Waals surface area contributed by atoms with Gasteiger partial charge in [0.2, 0.25) is 0 Å². The van der Waals surface area contributed by atoms with Gasteiger partial charge in [-0.3, -0.25) is 0 Å². The summed E-state index contributed by atoms with van der Waals surface area (Å²) in [4.78, 5) is 8.28. The molecule has 0 saturated heterocycles. The molecule has 0 bridgehead atoms. The van der Waals surface area contributed by atoms with Crippen LogP contribution in [-0.4, -0.2) is 9.97 Å². The molecule has 0 N–H and O–H groups in total. The van der Waals surface area contributed by atoms with E-state index in [2.05, 4.69) is 29.0 Å². The molecular formula is C14H13N2. The van der Waals surface area contributed by atoms with Crippen LogP contribution < -0.4 is 0 Å². The van der Waals surface area contributed by atoms with Crippen molar-refractivity contribution >= 4 is 12.2 Å². The lowest BCUT2D eigenvalue weighted by Crippen LogP contribution is -1.90. The fourth-order valence-corrected chi connectivity index (χ4v) is 1.39. The Balaban J connectivity index is 2.17. The van der Waals surface area contributed by atoms with E-state index >= 15 is 0 Å². The molecular weight excluding hydrogens is 196 g/mol. The van der Waals surface area contributed by atoms with Gasteiger partial charge in [0.1, 0.15) is 6.33 Å². The second kappa shape index (κ2) is 5.21. The molecule has 0 aliphatic carbocycles. The number of hydrogen-bond donors (Lipinski definition) is 0. The van der Waals surface area contributed by atoms with Crippen LogP contribution in [0.1, 0.15) is 17.0 Å². The molecule has 2 aromatic rings. The zero-order valence-electron chi connectivity index (χ0n) is 9.00. The summed E-state index contributed by atoms with van der Waals surface area (Å²) in [5.74, 6) is 0. The van der Waals surface area contributed by atoms with Crippen LogP contribution in [-0.2, 0) is 6.42 Å². The van der Waals surface area contributed by atoms with Gasteiger partial charge >= 0.3 is 0 Å². The van der Waals surface area contributed by atoms with Gasteiger partial charge in [0.25, 0.3) is 0 Å². The maximum Gasteiger partial charge on any atom is 0.116 e. The molecule has 0 aliphatic heterocycles. The van der Waals surface area contributed by atoms with Crippen molar-refractivity contribution in [3.63, 3.8) is 0 Å². The first-order valence-electron chi connectivity index (χ1n) is 5.22. The predicted molar refractivity (Wildman–Crippen MR) is 66.5 cm³/mol. The molecule has 0 fully saturated rings. The highest BCUT2D eigenvalue weighted by molar-refractivity contribution is 5.67. The van der Waals surface area contributed by atoms with Crippen LogP contribution in [0.25, 0.3) is 12.2 Å². The SMILES string of the molecule is [CH2]Cc1cc(C=Cc2ccccc2)ncn1. The van der Waals surface area contributed by atoms with Gasteiger partial charge in [-0.25, -0.2) is 9.97 Å². The minimum atomic E-state index is 0.689. The molecule has 0 saturated carbocycles. The van der Waals surface area contributed by atoms with Crippen LogP contribution in [0.3, 0.4) is 0 Å². The van der Waals surface area contributed by atoms with Gasteiger partial charge < -0.3 is 0 Å². The fraction of sp³-hybridized carbons (Fsp3) is 0.0714. The van der Waals surface area contributed by atoms with E-state index in [1.807, 2.05) is 36.4 Å². The summed E-state index contributed by atoms with van der Waals surface area (Å²) in [6.07, 6.45) is 6.28. The lowest BCUT2D eigenvalue weighted by atomic mass is 10.2. The maximum absolute atomic E-state index is 4.18. The standard InChI is InChI=1S/C14H13N2/c1-2-13-10-14(16-11-15-13)9-8-12-6-4-3-5-7-12/h3-11H,1-2H2. The summed E-state index contributed by atoms with van der Waals surface area (Å²) in [5.41, 5.74) is 3.04. The minimum Gasteiger partial charge on any atom is -0.241 e. The van der Waals surface area contributed by atoms with Crippen molar-refractivity contribution in [2.75, 3.05) is 0 Å². The van der Waals surface area contributed by atoms with E-state index in [0.717, 1.165) is 17.0 Å². The van der Waals surface area contributed by atoms with Gasteiger partial charge in [0.05, 0.1) is 5.69 Å². The third kappa shape index (κ3) is 2.76. The molecule has 0 aliphatic rings. The number of aromatic nitrogens is 2. The smallest absolute Gasteiger partial charge is 0.116 e. The molecule has 0 spiro atoms. The highest BCUT2D eigenvalue weighted by Crippen LogP contribution is 2.06. The van der Waals surface area contributed by atoms with Crippen LogP contribution in [0.5, 0.6) is 0 Å². The maximum atomic E-state index is 4.18. The summed E-state index contributed by atoms with van der Waals surface area (Å²) >= 11 is 0. The highest BCUT2D eigenvalue weighted by Gasteiger charge is 1.93. The third-order valence-corrected chi connectivity index (χ3v) is 2.25. The monoisotopic (exact) mass is 209 g/mol. The molecule has 0 atom stereocenters. The zero-order valence-corrected chi connectivity index (χ0v) is 9.00. The van der Waals surface area contributed by atoms with E-state index in [-0.39, 0.29) is 0 Å². The summed E-state index contributed by atoms with van der Waals surface area (Å²) in [6.45, 7) is 3.80. The topological polar surface area (TPSA) is 25.8 Å². The van der Waals surface area contributed by atoms with Crippen LogP contribution >= 0.6 is 0 Å². The quantitative estimate of drug-likeness (QED) is 0.776. The molecule has 1 aromatic carbocycles. The Morgan fingerprint density at radius 2 is 1.88 bits per heavy atom. The molecule has 16 heavy (non-hydrogen) atoms. The van der Waals surface area contributed by atoms with E-state index in [1.165, 1.54) is 0 Å². The van der Waals surface area contributed by atoms with Crippen LogP contribution in [0, 0.1) is 6.92 Å². The third-order valence-electron chi connectivity index (χ3n) is 2.25. The minimum absolute atomic E-state index is 0.689. The van der Waals surface area contributed by atoms with Crippen molar-refractivity contribution in [1.82, 2.24) is 9.97 Å². The summed E-state index contributed by atoms with van der Waals surface area (Å²) < 4.78 is 0. The zero-order chi connectivity index (χ0) is 11.2. The fourth-order valence-electron chi connectivity index (χ4n) is 1.39. The van der Waals surface area contributed by atoms with E-state index < -0.39 is 0 Å². The molecule has 0 unspecified atom stereocenters. The van der Waals surface area contributed by atoms with Gasteiger partial charge in [-0.05, 0) is 31.1 Å². The molecule has 1 radical (unpaired) electrons. The molecule has 2 heteroatoms. The van der Waals surface area contributed by atoms with E-state index in [9.17, 15) is 0 Å². The Morgan fingerprint density at radius 3 is 2.62 bits per heavy atom. The second-order valence-electron chi connectivity index (χ2n) is 3.43. The largest absolute Gasteiger partial charge is 0.241 e. The van der Waals surface area contributed by atoms with Crippen LogP contribution in [0.2, 0.25) is 0 Å². The Morgan fingerprint density at radius 1 is 1.06 bits per heavy atom. The van der Waals surface area contributed by atoms with Crippen molar-refractivity contribution < 1.29 is 0 Å². The van der Waals surface area contributed by atoms with E-state index in [1.54, 1.807) is 6.33 Å². The van der Waals surface area contributed by atoms with Gasteiger partial charge in [0.15, 0.2) is 0 Å². The van der Waals surface area contributed by atoms with E-state index in [0.29, 0.717) is 6.42 Å². The Bertz CT molecular complexity index is 475. The number of benzene rings is 1. The number of rotatable bonds is 3. The van der Waals surface area contributed by atoms with Crippen molar-refractivity contribution in [3.8, 4) is 0 Å². The van der Waals surface area contributed by atoms with Crippen molar-refractivity contribution in [2.45, 2.75) is 6.42 Å². The van der Waals surface area contributed by atoms with Crippen molar-refractivity contribution in [3.05, 3.63) is 66.6 Å². The Kier molecular flexibility index (Phi) is 3.44.